The van der Waals surface area contributed by atoms with E-state index in [2.05, 4.69) is 12.0 Å². The van der Waals surface area contributed by atoms with Crippen LogP contribution in [0, 0.1) is 18.3 Å². The molecule has 1 aliphatic carbocycles. The van der Waals surface area contributed by atoms with E-state index in [1.807, 2.05) is 6.92 Å². The molecule has 2 N–H and O–H groups in total. The van der Waals surface area contributed by atoms with E-state index >= 15 is 0 Å². The summed E-state index contributed by atoms with van der Waals surface area (Å²) in [5.74, 6) is 0.927. The van der Waals surface area contributed by atoms with Crippen LogP contribution in [0.15, 0.2) is 0 Å². The second-order valence-electron chi connectivity index (χ2n) is 6.25. The van der Waals surface area contributed by atoms with Crippen molar-refractivity contribution in [3.63, 3.8) is 0 Å². The summed E-state index contributed by atoms with van der Waals surface area (Å²) >= 11 is 6.23. The minimum atomic E-state index is -0.349. The molecule has 0 radical (unpaired) electrons. The number of carbonyl (C=O) groups excluding carboxylic acids is 1. The van der Waals surface area contributed by atoms with Crippen LogP contribution in [0.4, 0.5) is 0 Å². The maximum Gasteiger partial charge on any atom is 0.144 e. The maximum atomic E-state index is 12.8. The first kappa shape index (κ1) is 15.5. The molecule has 0 aromatic carbocycles. The van der Waals surface area contributed by atoms with E-state index in [9.17, 15) is 4.79 Å². The fraction of sp³-hybridized carbons (Fsp3) is 0.733. The lowest BCUT2D eigenvalue weighted by Gasteiger charge is -2.37. The van der Waals surface area contributed by atoms with Crippen molar-refractivity contribution in [2.75, 3.05) is 6.54 Å². The van der Waals surface area contributed by atoms with Crippen LogP contribution in [0.2, 0.25) is 5.15 Å². The van der Waals surface area contributed by atoms with E-state index in [-0.39, 0.29) is 11.2 Å². The molecule has 1 saturated carbocycles. The van der Waals surface area contributed by atoms with Crippen molar-refractivity contribution in [1.29, 1.82) is 0 Å². The molecule has 1 fully saturated rings. The van der Waals surface area contributed by atoms with Crippen molar-refractivity contribution in [2.45, 2.75) is 46.0 Å². The van der Waals surface area contributed by atoms with E-state index in [1.165, 1.54) is 0 Å². The number of nitrogens with two attached hydrogens (primary N) is 1. The third kappa shape index (κ3) is 2.77. The zero-order valence-corrected chi connectivity index (χ0v) is 13.3. The quantitative estimate of drug-likeness (QED) is 0.929. The molecule has 0 atom stereocenters. The summed E-state index contributed by atoms with van der Waals surface area (Å²) in [6, 6.07) is 0. The normalized spacial score (nSPS) is 26.8. The summed E-state index contributed by atoms with van der Waals surface area (Å²) in [7, 11) is 1.80. The molecule has 1 aromatic heterocycles. The lowest BCUT2D eigenvalue weighted by Crippen LogP contribution is -2.42. The number of aryl methyl sites for hydroxylation is 2. The van der Waals surface area contributed by atoms with Crippen LogP contribution in [0.25, 0.3) is 0 Å². The van der Waals surface area contributed by atoms with Gasteiger partial charge in [-0.15, -0.1) is 0 Å². The van der Waals surface area contributed by atoms with Gasteiger partial charge in [-0.05, 0) is 38.5 Å². The molecule has 1 aliphatic rings. The van der Waals surface area contributed by atoms with Gasteiger partial charge in [0.15, 0.2) is 0 Å². The van der Waals surface area contributed by atoms with E-state index in [0.717, 1.165) is 36.9 Å². The summed E-state index contributed by atoms with van der Waals surface area (Å²) in [6.45, 7) is 4.58. The monoisotopic (exact) mass is 297 g/mol. The Morgan fingerprint density at radius 3 is 2.55 bits per heavy atom. The van der Waals surface area contributed by atoms with E-state index in [1.54, 1.807) is 11.7 Å². The Bertz CT molecular complexity index is 501. The summed E-state index contributed by atoms with van der Waals surface area (Å²) in [5, 5.41) is 4.83. The van der Waals surface area contributed by atoms with Gasteiger partial charge in [-0.25, -0.2) is 0 Å². The van der Waals surface area contributed by atoms with Crippen molar-refractivity contribution < 1.29 is 4.79 Å². The Morgan fingerprint density at radius 2 is 2.10 bits per heavy atom. The second-order valence-corrected chi connectivity index (χ2v) is 6.60. The molecule has 5 heteroatoms. The first-order chi connectivity index (χ1) is 9.39. The Balaban J connectivity index is 2.18. The molecular weight excluding hydrogens is 274 g/mol. The molecular formula is C15H24ClN3O. The number of Topliss-reactive ketones (excluding diaryl/α,β-unsaturated/α-hetero) is 1. The molecule has 0 spiro atoms. The Morgan fingerprint density at radius 1 is 1.50 bits per heavy atom. The van der Waals surface area contributed by atoms with Gasteiger partial charge in [0, 0.05) is 31.0 Å². The highest BCUT2D eigenvalue weighted by Gasteiger charge is 2.39. The molecule has 0 bridgehead atoms. The fourth-order valence-electron chi connectivity index (χ4n) is 3.13. The number of rotatable bonds is 4. The number of hydrogen-bond donors (Lipinski definition) is 1. The van der Waals surface area contributed by atoms with Gasteiger partial charge in [-0.2, -0.15) is 5.10 Å². The molecule has 112 valence electrons. The van der Waals surface area contributed by atoms with Gasteiger partial charge in [-0.3, -0.25) is 9.48 Å². The zero-order valence-electron chi connectivity index (χ0n) is 12.6. The lowest BCUT2D eigenvalue weighted by molar-refractivity contribution is -0.129. The third-order valence-corrected chi connectivity index (χ3v) is 5.29. The van der Waals surface area contributed by atoms with Gasteiger partial charge < -0.3 is 5.73 Å². The standard InChI is InChI=1S/C15H24ClN3O/c1-10-4-6-15(9-17,7-5-10)13(20)8-12-11(2)18-19(3)14(12)16/h10H,4-9,17H2,1-3H3. The summed E-state index contributed by atoms with van der Waals surface area (Å²) < 4.78 is 1.62. The average molecular weight is 298 g/mol. The van der Waals surface area contributed by atoms with Crippen molar-refractivity contribution in [3.8, 4) is 0 Å². The molecule has 0 amide bonds. The topological polar surface area (TPSA) is 60.9 Å². The minimum Gasteiger partial charge on any atom is -0.329 e. The fourth-order valence-corrected chi connectivity index (χ4v) is 3.38. The first-order valence-electron chi connectivity index (χ1n) is 7.31. The zero-order chi connectivity index (χ0) is 14.9. The highest BCUT2D eigenvalue weighted by molar-refractivity contribution is 6.30. The maximum absolute atomic E-state index is 12.8. The number of hydrogen-bond acceptors (Lipinski definition) is 3. The van der Waals surface area contributed by atoms with Crippen LogP contribution in [0.3, 0.4) is 0 Å². The molecule has 20 heavy (non-hydrogen) atoms. The summed E-state index contributed by atoms with van der Waals surface area (Å²) in [6.07, 6.45) is 4.33. The Labute approximate surface area is 125 Å². The Kier molecular flexibility index (Phi) is 4.55. The largest absolute Gasteiger partial charge is 0.329 e. The second kappa shape index (κ2) is 5.86. The van der Waals surface area contributed by atoms with Crippen molar-refractivity contribution >= 4 is 17.4 Å². The van der Waals surface area contributed by atoms with Gasteiger partial charge in [0.05, 0.1) is 5.69 Å². The van der Waals surface area contributed by atoms with E-state index in [4.69, 9.17) is 17.3 Å². The van der Waals surface area contributed by atoms with Crippen LogP contribution in [-0.4, -0.2) is 22.1 Å². The molecule has 4 nitrogen and oxygen atoms in total. The predicted octanol–water partition coefficient (Wildman–Crippen LogP) is 2.65. The van der Waals surface area contributed by atoms with Crippen LogP contribution in [0.5, 0.6) is 0 Å². The highest BCUT2D eigenvalue weighted by Crippen LogP contribution is 2.40. The summed E-state index contributed by atoms with van der Waals surface area (Å²) in [5.41, 5.74) is 7.28. The van der Waals surface area contributed by atoms with Crippen molar-refractivity contribution in [3.05, 3.63) is 16.4 Å². The molecule has 0 saturated heterocycles. The van der Waals surface area contributed by atoms with Crippen LogP contribution >= 0.6 is 11.6 Å². The average Bonchev–Trinajstić information content (AvgIpc) is 2.66. The van der Waals surface area contributed by atoms with Gasteiger partial charge >= 0.3 is 0 Å². The minimum absolute atomic E-state index is 0.227. The SMILES string of the molecule is Cc1nn(C)c(Cl)c1CC(=O)C1(CN)CCC(C)CC1. The van der Waals surface area contributed by atoms with E-state index < -0.39 is 0 Å². The molecule has 0 aliphatic heterocycles. The van der Waals surface area contributed by atoms with Crippen LogP contribution in [0.1, 0.15) is 43.9 Å². The Hall–Kier alpha value is -0.870. The van der Waals surface area contributed by atoms with Gasteiger partial charge in [0.25, 0.3) is 0 Å². The van der Waals surface area contributed by atoms with Crippen molar-refractivity contribution in [1.82, 2.24) is 9.78 Å². The lowest BCUT2D eigenvalue weighted by atomic mass is 9.67. The smallest absolute Gasteiger partial charge is 0.144 e. The number of ketones is 1. The third-order valence-electron chi connectivity index (χ3n) is 4.82. The number of halogens is 1. The molecule has 1 heterocycles. The van der Waals surface area contributed by atoms with Crippen LogP contribution < -0.4 is 5.73 Å². The number of carbonyl (C=O) groups is 1. The molecule has 0 unspecified atom stereocenters. The summed E-state index contributed by atoms with van der Waals surface area (Å²) in [4.78, 5) is 12.8. The van der Waals surface area contributed by atoms with E-state index in [0.29, 0.717) is 24.0 Å². The first-order valence-corrected chi connectivity index (χ1v) is 7.69. The highest BCUT2D eigenvalue weighted by atomic mass is 35.5. The predicted molar refractivity (Wildman–Crippen MR) is 80.8 cm³/mol. The molecule has 2 rings (SSSR count). The van der Waals surface area contributed by atoms with Crippen LogP contribution in [-0.2, 0) is 18.3 Å². The van der Waals surface area contributed by atoms with Gasteiger partial charge in [0.2, 0.25) is 0 Å². The number of nitrogens with zero attached hydrogens (tertiary/aromatic N) is 2. The van der Waals surface area contributed by atoms with Gasteiger partial charge in [-0.1, -0.05) is 18.5 Å². The van der Waals surface area contributed by atoms with Crippen molar-refractivity contribution in [2.24, 2.45) is 24.1 Å². The number of aromatic nitrogens is 2. The molecule has 1 aromatic rings. The van der Waals surface area contributed by atoms with Gasteiger partial charge in [0.1, 0.15) is 10.9 Å².